The van der Waals surface area contributed by atoms with Crippen LogP contribution in [0.1, 0.15) is 25.3 Å². The number of carbonyl (C=O) groups excluding carboxylic acids is 1. The van der Waals surface area contributed by atoms with Crippen LogP contribution in [0.2, 0.25) is 10.0 Å². The van der Waals surface area contributed by atoms with E-state index in [9.17, 15) is 36.2 Å². The number of aliphatic hydroxyl groups is 1. The van der Waals surface area contributed by atoms with Gasteiger partial charge in [-0.2, -0.15) is 26.3 Å². The second kappa shape index (κ2) is 9.93. The van der Waals surface area contributed by atoms with Crippen LogP contribution in [0.5, 0.6) is 0 Å². The minimum atomic E-state index is -5.95. The number of ether oxygens (including phenoxy) is 1. The molecule has 12 heteroatoms. The van der Waals surface area contributed by atoms with Crippen molar-refractivity contribution < 1.29 is 41.0 Å². The molecule has 1 N–H and O–H groups in total. The van der Waals surface area contributed by atoms with Gasteiger partial charge in [-0.1, -0.05) is 35.3 Å². The Kier molecular flexibility index (Phi) is 8.17. The maximum absolute atomic E-state index is 13.1. The third-order valence-electron chi connectivity index (χ3n) is 4.80. The van der Waals surface area contributed by atoms with Crippen LogP contribution in [-0.2, 0) is 16.1 Å². The van der Waals surface area contributed by atoms with Gasteiger partial charge in [-0.3, -0.25) is 4.79 Å². The van der Waals surface area contributed by atoms with E-state index in [0.29, 0.717) is 17.3 Å². The minimum Gasteiger partial charge on any atom is -0.465 e. The van der Waals surface area contributed by atoms with Gasteiger partial charge in [-0.25, -0.2) is 0 Å². The molecule has 0 saturated heterocycles. The second-order valence-corrected chi connectivity index (χ2v) is 7.78. The Hall–Kier alpha value is -1.91. The standard InChI is InChI=1S/C20H19Cl2F6NO3/c1-2-32-17(30)11-29(10-12-3-8-15(21)16(22)9-12)14-6-4-13(5-7-14)18(31,19(23,24)25)20(26,27)28/h3-4,6,8-9,31H,2,5,7,10-11H2,1H3. The molecule has 0 atom stereocenters. The molecule has 4 nitrogen and oxygen atoms in total. The van der Waals surface area contributed by atoms with Gasteiger partial charge in [0.2, 0.25) is 0 Å². The van der Waals surface area contributed by atoms with Crippen molar-refractivity contribution in [3.63, 3.8) is 0 Å². The Morgan fingerprint density at radius 3 is 2.16 bits per heavy atom. The number of hydrogen-bond acceptors (Lipinski definition) is 4. The van der Waals surface area contributed by atoms with Crippen LogP contribution in [0.25, 0.3) is 0 Å². The van der Waals surface area contributed by atoms with Gasteiger partial charge in [0, 0.05) is 12.2 Å². The molecule has 0 aromatic heterocycles. The van der Waals surface area contributed by atoms with E-state index < -0.39 is 35.9 Å². The fourth-order valence-corrected chi connectivity index (χ4v) is 3.52. The van der Waals surface area contributed by atoms with Crippen LogP contribution in [0.4, 0.5) is 26.3 Å². The molecule has 0 bridgehead atoms. The third kappa shape index (κ3) is 5.71. The van der Waals surface area contributed by atoms with Crippen LogP contribution in [-0.4, -0.2) is 47.1 Å². The Bertz CT molecular complexity index is 898. The van der Waals surface area contributed by atoms with Crippen LogP contribution in [0.15, 0.2) is 41.6 Å². The molecule has 0 amide bonds. The molecular weight excluding hydrogens is 487 g/mol. The summed E-state index contributed by atoms with van der Waals surface area (Å²) in [6, 6.07) is 4.66. The van der Waals surface area contributed by atoms with Crippen molar-refractivity contribution in [3.8, 4) is 0 Å². The zero-order chi connectivity index (χ0) is 24.3. The van der Waals surface area contributed by atoms with E-state index in [4.69, 9.17) is 27.9 Å². The number of halogens is 8. The number of carbonyl (C=O) groups is 1. The first-order valence-corrected chi connectivity index (χ1v) is 10.1. The minimum absolute atomic E-state index is 0.0630. The molecule has 1 aromatic carbocycles. The lowest BCUT2D eigenvalue weighted by atomic mass is 9.85. The average molecular weight is 506 g/mol. The molecular formula is C20H19Cl2F6NO3. The largest absolute Gasteiger partial charge is 0.465 e. The fraction of sp³-hybridized carbons (Fsp3) is 0.450. The lowest BCUT2D eigenvalue weighted by molar-refractivity contribution is -0.352. The highest BCUT2D eigenvalue weighted by Gasteiger charge is 2.72. The lowest BCUT2D eigenvalue weighted by Gasteiger charge is -2.36. The Labute approximate surface area is 190 Å². The first kappa shape index (κ1) is 26.3. The summed E-state index contributed by atoms with van der Waals surface area (Å²) in [5.74, 6) is -0.634. The van der Waals surface area contributed by atoms with Crippen LogP contribution < -0.4 is 0 Å². The van der Waals surface area contributed by atoms with E-state index in [1.807, 2.05) is 0 Å². The second-order valence-electron chi connectivity index (χ2n) is 6.97. The quantitative estimate of drug-likeness (QED) is 0.374. The number of esters is 1. The molecule has 178 valence electrons. The van der Waals surface area contributed by atoms with Crippen molar-refractivity contribution in [2.45, 2.75) is 44.3 Å². The molecule has 0 saturated carbocycles. The molecule has 0 unspecified atom stereocenters. The van der Waals surface area contributed by atoms with E-state index in [2.05, 4.69) is 0 Å². The van der Waals surface area contributed by atoms with Gasteiger partial charge in [-0.15, -0.1) is 0 Å². The molecule has 2 rings (SSSR count). The summed E-state index contributed by atoms with van der Waals surface area (Å²) in [6.07, 6.45) is -11.3. The molecule has 0 radical (unpaired) electrons. The monoisotopic (exact) mass is 505 g/mol. The van der Waals surface area contributed by atoms with E-state index in [-0.39, 0.29) is 36.2 Å². The summed E-state index contributed by atoms with van der Waals surface area (Å²) in [6.45, 7) is 1.44. The third-order valence-corrected chi connectivity index (χ3v) is 5.54. The molecule has 1 aliphatic carbocycles. The zero-order valence-electron chi connectivity index (χ0n) is 16.7. The molecule has 0 heterocycles. The predicted molar refractivity (Wildman–Crippen MR) is 106 cm³/mol. The van der Waals surface area contributed by atoms with Crippen molar-refractivity contribution in [2.24, 2.45) is 0 Å². The Morgan fingerprint density at radius 2 is 1.69 bits per heavy atom. The van der Waals surface area contributed by atoms with Gasteiger partial charge in [0.15, 0.2) is 0 Å². The zero-order valence-corrected chi connectivity index (χ0v) is 18.2. The summed E-state index contributed by atoms with van der Waals surface area (Å²) >= 11 is 11.9. The van der Waals surface area contributed by atoms with Crippen molar-refractivity contribution in [3.05, 3.63) is 57.2 Å². The van der Waals surface area contributed by atoms with Crippen molar-refractivity contribution in [2.75, 3.05) is 13.2 Å². The molecule has 1 aliphatic rings. The molecule has 0 fully saturated rings. The maximum atomic E-state index is 13.1. The van der Waals surface area contributed by atoms with E-state index >= 15 is 0 Å². The normalized spacial score (nSPS) is 15.2. The number of alkyl halides is 6. The van der Waals surface area contributed by atoms with E-state index in [0.717, 1.165) is 6.08 Å². The number of benzene rings is 1. The summed E-state index contributed by atoms with van der Waals surface area (Å²) in [4.78, 5) is 13.5. The van der Waals surface area contributed by atoms with Gasteiger partial charge >= 0.3 is 18.3 Å². The number of hydrogen-bond donors (Lipinski definition) is 1. The Balaban J connectivity index is 2.39. The highest BCUT2D eigenvalue weighted by atomic mass is 35.5. The van der Waals surface area contributed by atoms with Gasteiger partial charge in [0.05, 0.1) is 16.7 Å². The smallest absolute Gasteiger partial charge is 0.430 e. The molecule has 0 spiro atoms. The van der Waals surface area contributed by atoms with Gasteiger partial charge in [0.1, 0.15) is 6.54 Å². The summed E-state index contributed by atoms with van der Waals surface area (Å²) < 4.78 is 83.7. The molecule has 0 aliphatic heterocycles. The maximum Gasteiger partial charge on any atom is 0.430 e. The molecule has 1 aromatic rings. The van der Waals surface area contributed by atoms with E-state index in [1.54, 1.807) is 13.0 Å². The Morgan fingerprint density at radius 1 is 1.06 bits per heavy atom. The van der Waals surface area contributed by atoms with Crippen molar-refractivity contribution in [1.82, 2.24) is 4.90 Å². The first-order valence-electron chi connectivity index (χ1n) is 9.31. The number of nitrogens with zero attached hydrogens (tertiary/aromatic N) is 1. The van der Waals surface area contributed by atoms with Crippen molar-refractivity contribution >= 4 is 29.2 Å². The van der Waals surface area contributed by atoms with Crippen LogP contribution >= 0.6 is 23.2 Å². The first-order chi connectivity index (χ1) is 14.7. The lowest BCUT2D eigenvalue weighted by Crippen LogP contribution is -2.58. The molecule has 32 heavy (non-hydrogen) atoms. The van der Waals surface area contributed by atoms with Crippen molar-refractivity contribution in [1.29, 1.82) is 0 Å². The fourth-order valence-electron chi connectivity index (χ4n) is 3.20. The average Bonchev–Trinajstić information content (AvgIpc) is 2.68. The highest BCUT2D eigenvalue weighted by molar-refractivity contribution is 6.42. The van der Waals surface area contributed by atoms with E-state index in [1.165, 1.54) is 17.0 Å². The van der Waals surface area contributed by atoms with Crippen LogP contribution in [0, 0.1) is 0 Å². The van der Waals surface area contributed by atoms with Gasteiger partial charge in [-0.05, 0) is 49.1 Å². The summed E-state index contributed by atoms with van der Waals surface area (Å²) in [5, 5.41) is 10.1. The topological polar surface area (TPSA) is 49.8 Å². The summed E-state index contributed by atoms with van der Waals surface area (Å²) in [7, 11) is 0. The van der Waals surface area contributed by atoms with Crippen LogP contribution in [0.3, 0.4) is 0 Å². The highest BCUT2D eigenvalue weighted by Crippen LogP contribution is 2.49. The van der Waals surface area contributed by atoms with Gasteiger partial charge < -0.3 is 14.7 Å². The predicted octanol–water partition coefficient (Wildman–Crippen LogP) is 5.82. The number of rotatable bonds is 7. The number of allylic oxidation sites excluding steroid dienone is 3. The SMILES string of the molecule is CCOC(=O)CN(Cc1ccc(Cl)c(Cl)c1)C1=CC=C(C(O)(C(F)(F)F)C(F)(F)F)CC1. The van der Waals surface area contributed by atoms with Gasteiger partial charge in [0.25, 0.3) is 5.60 Å². The summed E-state index contributed by atoms with van der Waals surface area (Å²) in [5.41, 5.74) is -5.30.